The maximum atomic E-state index is 9.60. The van der Waals surface area contributed by atoms with Crippen molar-refractivity contribution in [2.75, 3.05) is 13.1 Å². The summed E-state index contributed by atoms with van der Waals surface area (Å²) in [5.41, 5.74) is 0.826. The van der Waals surface area contributed by atoms with Crippen molar-refractivity contribution in [2.24, 2.45) is 0 Å². The predicted octanol–water partition coefficient (Wildman–Crippen LogP) is 0.291. The van der Waals surface area contributed by atoms with Gasteiger partial charge in [-0.2, -0.15) is 0 Å². The fourth-order valence-electron chi connectivity index (χ4n) is 1.03. The Morgan fingerprint density at radius 3 is 3.08 bits per heavy atom. The summed E-state index contributed by atoms with van der Waals surface area (Å²) in [6, 6.07) is 3.66. The Morgan fingerprint density at radius 1 is 1.62 bits per heavy atom. The van der Waals surface area contributed by atoms with E-state index in [1.807, 2.05) is 12.1 Å². The van der Waals surface area contributed by atoms with E-state index in [1.54, 1.807) is 12.4 Å². The number of nitrogens with one attached hydrogen (secondary N) is 1. The molecule has 13 heavy (non-hydrogen) atoms. The Labute approximate surface area is 79.6 Å². The van der Waals surface area contributed by atoms with E-state index in [4.69, 9.17) is 7.85 Å². The zero-order valence-corrected chi connectivity index (χ0v) is 7.48. The lowest BCUT2D eigenvalue weighted by Crippen LogP contribution is -2.22. The van der Waals surface area contributed by atoms with Crippen molar-refractivity contribution in [1.82, 2.24) is 10.3 Å². The summed E-state index contributed by atoms with van der Waals surface area (Å²) in [7, 11) is 5.30. The molecule has 1 aromatic heterocycles. The molecule has 1 atom stereocenters. The summed E-state index contributed by atoms with van der Waals surface area (Å²) in [4.78, 5) is 3.92. The normalized spacial score (nSPS) is 12.7. The van der Waals surface area contributed by atoms with Crippen molar-refractivity contribution in [3.8, 4) is 0 Å². The molecule has 3 nitrogen and oxygen atoms in total. The van der Waals surface area contributed by atoms with Gasteiger partial charge in [0.25, 0.3) is 0 Å². The number of pyridine rings is 1. The topological polar surface area (TPSA) is 45.1 Å². The van der Waals surface area contributed by atoms with Gasteiger partial charge in [0.1, 0.15) is 0 Å². The van der Waals surface area contributed by atoms with Crippen LogP contribution in [0.25, 0.3) is 0 Å². The first-order chi connectivity index (χ1) is 6.34. The average molecular weight is 176 g/mol. The first kappa shape index (κ1) is 10.2. The molecule has 4 heteroatoms. The third-order valence-electron chi connectivity index (χ3n) is 1.73. The second-order valence-electron chi connectivity index (χ2n) is 2.79. The Morgan fingerprint density at radius 2 is 2.46 bits per heavy atom. The van der Waals surface area contributed by atoms with E-state index >= 15 is 0 Å². The van der Waals surface area contributed by atoms with Crippen molar-refractivity contribution in [2.45, 2.75) is 12.4 Å². The van der Waals surface area contributed by atoms with Crippen molar-refractivity contribution < 1.29 is 5.11 Å². The molecule has 1 heterocycles. The molecule has 68 valence electrons. The van der Waals surface area contributed by atoms with Crippen molar-refractivity contribution >= 4 is 7.85 Å². The van der Waals surface area contributed by atoms with Gasteiger partial charge in [0.05, 0.1) is 14.0 Å². The first-order valence-electron chi connectivity index (χ1n) is 4.33. The Hall–Kier alpha value is -0.865. The fraction of sp³-hybridized carbons (Fsp3) is 0.444. The highest BCUT2D eigenvalue weighted by Gasteiger charge is 2.05. The maximum absolute atomic E-state index is 9.60. The highest BCUT2D eigenvalue weighted by molar-refractivity contribution is 6.08. The van der Waals surface area contributed by atoms with E-state index in [0.29, 0.717) is 12.9 Å². The van der Waals surface area contributed by atoms with Crippen LogP contribution in [0.4, 0.5) is 0 Å². The van der Waals surface area contributed by atoms with Crippen LogP contribution in [0.1, 0.15) is 11.7 Å². The van der Waals surface area contributed by atoms with Crippen molar-refractivity contribution in [1.29, 1.82) is 0 Å². The third-order valence-corrected chi connectivity index (χ3v) is 1.73. The molecule has 1 rings (SSSR count). The number of rotatable bonds is 5. The van der Waals surface area contributed by atoms with Crippen LogP contribution in [0.2, 0.25) is 6.32 Å². The molecule has 0 bridgehead atoms. The fourth-order valence-corrected chi connectivity index (χ4v) is 1.03. The first-order valence-corrected chi connectivity index (χ1v) is 4.33. The highest BCUT2D eigenvalue weighted by Crippen LogP contribution is 2.08. The zero-order chi connectivity index (χ0) is 9.52. The van der Waals surface area contributed by atoms with E-state index in [9.17, 15) is 5.11 Å². The third kappa shape index (κ3) is 3.57. The van der Waals surface area contributed by atoms with Crippen LogP contribution in [0.15, 0.2) is 24.5 Å². The van der Waals surface area contributed by atoms with Gasteiger partial charge in [-0.1, -0.05) is 12.4 Å². The van der Waals surface area contributed by atoms with Crippen LogP contribution in [-0.2, 0) is 0 Å². The molecule has 0 aliphatic rings. The largest absolute Gasteiger partial charge is 0.387 e. The molecule has 1 unspecified atom stereocenters. The maximum Gasteiger partial charge on any atom is 0.0929 e. The van der Waals surface area contributed by atoms with Crippen LogP contribution < -0.4 is 5.32 Å². The van der Waals surface area contributed by atoms with Gasteiger partial charge < -0.3 is 10.4 Å². The lowest BCUT2D eigenvalue weighted by molar-refractivity contribution is 0.175. The lowest BCUT2D eigenvalue weighted by atomic mass is 10.1. The molecule has 0 aliphatic carbocycles. The van der Waals surface area contributed by atoms with Crippen LogP contribution in [-0.4, -0.2) is 31.0 Å². The van der Waals surface area contributed by atoms with E-state index in [-0.39, 0.29) is 0 Å². The van der Waals surface area contributed by atoms with Gasteiger partial charge in [-0.25, -0.2) is 0 Å². The smallest absolute Gasteiger partial charge is 0.0929 e. The van der Waals surface area contributed by atoms with Gasteiger partial charge in [-0.3, -0.25) is 4.98 Å². The van der Waals surface area contributed by atoms with Gasteiger partial charge in [0, 0.05) is 24.5 Å². The zero-order valence-electron chi connectivity index (χ0n) is 7.48. The number of hydrogen-bond acceptors (Lipinski definition) is 3. The van der Waals surface area contributed by atoms with E-state index in [1.165, 1.54) is 0 Å². The van der Waals surface area contributed by atoms with E-state index in [2.05, 4.69) is 10.3 Å². The Kier molecular flexibility index (Phi) is 4.50. The minimum Gasteiger partial charge on any atom is -0.387 e. The molecule has 0 spiro atoms. The monoisotopic (exact) mass is 176 g/mol. The summed E-state index contributed by atoms with van der Waals surface area (Å²) in [5, 5.41) is 12.6. The number of hydrogen-bond donors (Lipinski definition) is 2. The van der Waals surface area contributed by atoms with Crippen molar-refractivity contribution in [3.05, 3.63) is 30.1 Å². The van der Waals surface area contributed by atoms with E-state index in [0.717, 1.165) is 12.1 Å². The van der Waals surface area contributed by atoms with Crippen LogP contribution in [0, 0.1) is 0 Å². The minimum absolute atomic E-state index is 0.500. The average Bonchev–Trinajstić information content (AvgIpc) is 2.19. The van der Waals surface area contributed by atoms with Gasteiger partial charge >= 0.3 is 0 Å². The van der Waals surface area contributed by atoms with Crippen LogP contribution >= 0.6 is 0 Å². The standard InChI is InChI=1S/C9H13BN2O/c10-3-5-12-7-9(13)8-2-1-4-11-6-8/h1-2,4,6,9,12-13H,3,5,7H2. The number of nitrogens with zero attached hydrogens (tertiary/aromatic N) is 1. The second kappa shape index (κ2) is 5.72. The molecular formula is C9H13BN2O. The number of aromatic nitrogens is 1. The molecule has 0 saturated heterocycles. The molecule has 1 aromatic rings. The van der Waals surface area contributed by atoms with E-state index < -0.39 is 6.10 Å². The summed E-state index contributed by atoms with van der Waals surface area (Å²) in [6.45, 7) is 1.24. The predicted molar refractivity (Wildman–Crippen MR) is 52.6 cm³/mol. The molecule has 0 aromatic carbocycles. The molecule has 2 radical (unpaired) electrons. The second-order valence-corrected chi connectivity index (χ2v) is 2.79. The molecule has 0 aliphatic heterocycles. The molecular weight excluding hydrogens is 163 g/mol. The lowest BCUT2D eigenvalue weighted by Gasteiger charge is -2.10. The van der Waals surface area contributed by atoms with Crippen LogP contribution in [0.5, 0.6) is 0 Å². The summed E-state index contributed by atoms with van der Waals surface area (Å²) in [6.07, 6.45) is 3.43. The summed E-state index contributed by atoms with van der Waals surface area (Å²) < 4.78 is 0. The van der Waals surface area contributed by atoms with Crippen LogP contribution in [0.3, 0.4) is 0 Å². The quantitative estimate of drug-likeness (QED) is 0.500. The Bertz CT molecular complexity index is 230. The SMILES string of the molecule is [B]CCNCC(O)c1cccnc1. The summed E-state index contributed by atoms with van der Waals surface area (Å²) >= 11 is 0. The number of aliphatic hydroxyl groups is 1. The van der Waals surface area contributed by atoms with Gasteiger partial charge in [-0.15, -0.1) is 0 Å². The van der Waals surface area contributed by atoms with Crippen molar-refractivity contribution in [3.63, 3.8) is 0 Å². The number of aliphatic hydroxyl groups excluding tert-OH is 1. The summed E-state index contributed by atoms with van der Waals surface area (Å²) in [5.74, 6) is 0. The molecule has 0 fully saturated rings. The highest BCUT2D eigenvalue weighted by atomic mass is 16.3. The molecule has 0 saturated carbocycles. The minimum atomic E-state index is -0.500. The van der Waals surface area contributed by atoms with Gasteiger partial charge in [0.2, 0.25) is 0 Å². The molecule has 2 N–H and O–H groups in total. The van der Waals surface area contributed by atoms with Gasteiger partial charge in [-0.05, 0) is 12.6 Å². The Balaban J connectivity index is 2.35. The van der Waals surface area contributed by atoms with Gasteiger partial charge in [0.15, 0.2) is 0 Å². The molecule has 0 amide bonds.